The standard InChI is InChI=1S/C13H20O3SSi/c1-5-7-18-13-10(4)11(6-2)9(3)8-12(13)17(14,15)16/h8H,5-7H2,1-4H3,(H,14,15,16). The Morgan fingerprint density at radius 1 is 1.28 bits per heavy atom. The molecule has 0 atom stereocenters. The minimum Gasteiger partial charge on any atom is -0.282 e. The highest BCUT2D eigenvalue weighted by molar-refractivity contribution is 7.86. The second-order valence-corrected chi connectivity index (χ2v) is 7.17. The van der Waals surface area contributed by atoms with E-state index in [2.05, 4.69) is 13.8 Å². The van der Waals surface area contributed by atoms with Gasteiger partial charge < -0.3 is 0 Å². The lowest BCUT2D eigenvalue weighted by Gasteiger charge is -2.16. The van der Waals surface area contributed by atoms with Crippen molar-refractivity contribution in [2.75, 3.05) is 0 Å². The van der Waals surface area contributed by atoms with Crippen molar-refractivity contribution in [2.45, 2.75) is 51.5 Å². The van der Waals surface area contributed by atoms with Gasteiger partial charge in [-0.25, -0.2) is 0 Å². The van der Waals surface area contributed by atoms with Gasteiger partial charge in [0.1, 0.15) is 0 Å². The molecule has 0 aromatic heterocycles. The lowest BCUT2D eigenvalue weighted by molar-refractivity contribution is 0.483. The van der Waals surface area contributed by atoms with Crippen LogP contribution in [0.25, 0.3) is 0 Å². The topological polar surface area (TPSA) is 54.4 Å². The summed E-state index contributed by atoms with van der Waals surface area (Å²) >= 11 is 0. The van der Waals surface area contributed by atoms with E-state index in [1.165, 1.54) is 5.56 Å². The third-order valence-electron chi connectivity index (χ3n) is 3.08. The lowest BCUT2D eigenvalue weighted by atomic mass is 10.0. The van der Waals surface area contributed by atoms with Gasteiger partial charge in [0.2, 0.25) is 0 Å². The Kier molecular flexibility index (Phi) is 5.13. The van der Waals surface area contributed by atoms with Gasteiger partial charge in [0.15, 0.2) is 0 Å². The molecule has 3 nitrogen and oxygen atoms in total. The van der Waals surface area contributed by atoms with Gasteiger partial charge in [-0.2, -0.15) is 8.42 Å². The number of rotatable bonds is 5. The minimum absolute atomic E-state index is 0.0986. The second-order valence-electron chi connectivity index (χ2n) is 4.43. The summed E-state index contributed by atoms with van der Waals surface area (Å²) in [5, 5.41) is 0.807. The molecule has 18 heavy (non-hydrogen) atoms. The Hall–Kier alpha value is -0.653. The van der Waals surface area contributed by atoms with Crippen molar-refractivity contribution in [2.24, 2.45) is 0 Å². The van der Waals surface area contributed by atoms with Gasteiger partial charge in [-0.3, -0.25) is 4.55 Å². The lowest BCUT2D eigenvalue weighted by Crippen LogP contribution is -2.26. The van der Waals surface area contributed by atoms with Crippen LogP contribution in [0.15, 0.2) is 11.0 Å². The summed E-state index contributed by atoms with van der Waals surface area (Å²) in [6.45, 7) is 7.99. The van der Waals surface area contributed by atoms with E-state index in [0.29, 0.717) is 9.52 Å². The Morgan fingerprint density at radius 2 is 1.89 bits per heavy atom. The van der Waals surface area contributed by atoms with Gasteiger partial charge in [0, 0.05) is 0 Å². The van der Waals surface area contributed by atoms with E-state index in [0.717, 1.165) is 35.2 Å². The molecule has 1 aromatic rings. The summed E-state index contributed by atoms with van der Waals surface area (Å²) in [4.78, 5) is 0.0986. The molecule has 1 N–H and O–H groups in total. The molecule has 1 aromatic carbocycles. The van der Waals surface area contributed by atoms with Gasteiger partial charge in [0.25, 0.3) is 10.1 Å². The molecular weight excluding hydrogens is 264 g/mol. The average Bonchev–Trinajstić information content (AvgIpc) is 2.26. The maximum Gasteiger partial charge on any atom is 0.294 e. The van der Waals surface area contributed by atoms with Crippen LogP contribution in [0, 0.1) is 13.8 Å². The van der Waals surface area contributed by atoms with Crippen LogP contribution in [0.1, 0.15) is 37.0 Å². The summed E-state index contributed by atoms with van der Waals surface area (Å²) in [5.74, 6) is 0. The molecule has 0 aliphatic carbocycles. The van der Waals surface area contributed by atoms with E-state index in [9.17, 15) is 13.0 Å². The van der Waals surface area contributed by atoms with Crippen LogP contribution in [-0.2, 0) is 16.5 Å². The number of benzene rings is 1. The van der Waals surface area contributed by atoms with Crippen LogP contribution in [0.2, 0.25) is 6.04 Å². The highest BCUT2D eigenvalue weighted by Gasteiger charge is 2.20. The third kappa shape index (κ3) is 3.21. The average molecular weight is 284 g/mol. The normalized spacial score (nSPS) is 11.8. The summed E-state index contributed by atoms with van der Waals surface area (Å²) in [5.41, 5.74) is 3.16. The molecule has 2 radical (unpaired) electrons. The van der Waals surface area contributed by atoms with Crippen molar-refractivity contribution < 1.29 is 13.0 Å². The Morgan fingerprint density at radius 3 is 2.33 bits per heavy atom. The molecule has 1 rings (SSSR count). The fraction of sp³-hybridized carbons (Fsp3) is 0.538. The van der Waals surface area contributed by atoms with E-state index in [-0.39, 0.29) is 4.90 Å². The maximum absolute atomic E-state index is 11.5. The quantitative estimate of drug-likeness (QED) is 0.666. The van der Waals surface area contributed by atoms with Crippen LogP contribution >= 0.6 is 0 Å². The molecule has 5 heteroatoms. The zero-order chi connectivity index (χ0) is 13.9. The molecule has 0 amide bonds. The smallest absolute Gasteiger partial charge is 0.282 e. The first-order valence-corrected chi connectivity index (χ1v) is 8.82. The molecule has 0 saturated heterocycles. The first kappa shape index (κ1) is 15.4. The highest BCUT2D eigenvalue weighted by atomic mass is 32.2. The van der Waals surface area contributed by atoms with E-state index in [1.807, 2.05) is 13.8 Å². The molecule has 0 aliphatic rings. The molecule has 100 valence electrons. The molecule has 0 heterocycles. The Balaban J connectivity index is 3.51. The van der Waals surface area contributed by atoms with E-state index >= 15 is 0 Å². The zero-order valence-corrected chi connectivity index (χ0v) is 13.2. The first-order chi connectivity index (χ1) is 8.32. The van der Waals surface area contributed by atoms with Crippen molar-refractivity contribution in [3.05, 3.63) is 22.8 Å². The summed E-state index contributed by atoms with van der Waals surface area (Å²) in [6, 6.07) is 2.56. The van der Waals surface area contributed by atoms with Gasteiger partial charge in [0.05, 0.1) is 14.4 Å². The molecular formula is C13H20O3SSi. The molecule has 0 bridgehead atoms. The summed E-state index contributed by atoms with van der Waals surface area (Å²) < 4.78 is 32.3. The fourth-order valence-corrected chi connectivity index (χ4v) is 4.71. The molecule has 0 spiro atoms. The Labute approximate surface area is 112 Å². The minimum atomic E-state index is -4.13. The number of hydrogen-bond donors (Lipinski definition) is 1. The van der Waals surface area contributed by atoms with Gasteiger partial charge in [-0.1, -0.05) is 26.3 Å². The third-order valence-corrected chi connectivity index (χ3v) is 5.89. The number of aryl methyl sites for hydroxylation is 1. The van der Waals surface area contributed by atoms with Crippen LogP contribution in [0.4, 0.5) is 0 Å². The van der Waals surface area contributed by atoms with Crippen LogP contribution < -0.4 is 5.19 Å². The summed E-state index contributed by atoms with van der Waals surface area (Å²) in [6.07, 6.45) is 1.89. The van der Waals surface area contributed by atoms with E-state index < -0.39 is 10.1 Å². The first-order valence-electron chi connectivity index (χ1n) is 6.17. The molecule has 0 unspecified atom stereocenters. The zero-order valence-electron chi connectivity index (χ0n) is 11.4. The van der Waals surface area contributed by atoms with E-state index in [1.54, 1.807) is 6.07 Å². The fourth-order valence-electron chi connectivity index (χ4n) is 2.20. The Bertz CT molecular complexity index is 536. The maximum atomic E-state index is 11.5. The van der Waals surface area contributed by atoms with Crippen molar-refractivity contribution in [1.29, 1.82) is 0 Å². The molecule has 0 saturated carbocycles. The van der Waals surface area contributed by atoms with Crippen LogP contribution in [0.5, 0.6) is 0 Å². The largest absolute Gasteiger partial charge is 0.294 e. The van der Waals surface area contributed by atoms with Crippen molar-refractivity contribution in [1.82, 2.24) is 0 Å². The highest BCUT2D eigenvalue weighted by Crippen LogP contribution is 2.19. The van der Waals surface area contributed by atoms with E-state index in [4.69, 9.17) is 0 Å². The monoisotopic (exact) mass is 284 g/mol. The summed E-state index contributed by atoms with van der Waals surface area (Å²) in [7, 11) is -3.69. The van der Waals surface area contributed by atoms with Crippen molar-refractivity contribution in [3.8, 4) is 0 Å². The van der Waals surface area contributed by atoms with Crippen LogP contribution in [0.3, 0.4) is 0 Å². The number of hydrogen-bond acceptors (Lipinski definition) is 2. The van der Waals surface area contributed by atoms with Gasteiger partial charge in [-0.05, 0) is 48.2 Å². The predicted molar refractivity (Wildman–Crippen MR) is 75.6 cm³/mol. The van der Waals surface area contributed by atoms with Gasteiger partial charge >= 0.3 is 0 Å². The second kappa shape index (κ2) is 5.99. The van der Waals surface area contributed by atoms with Crippen molar-refractivity contribution >= 4 is 24.8 Å². The predicted octanol–water partition coefficient (Wildman–Crippen LogP) is 2.27. The SMILES string of the molecule is CCC[Si]c1c(S(=O)(=O)O)cc(C)c(CC)c1C. The van der Waals surface area contributed by atoms with Crippen LogP contribution in [-0.4, -0.2) is 22.5 Å². The molecule has 0 fully saturated rings. The molecule has 0 aliphatic heterocycles. The van der Waals surface area contributed by atoms with Gasteiger partial charge in [-0.15, -0.1) is 0 Å². The van der Waals surface area contributed by atoms with Crippen molar-refractivity contribution in [3.63, 3.8) is 0 Å².